The molecule has 108 valence electrons. The van der Waals surface area contributed by atoms with Crippen molar-refractivity contribution in [2.45, 2.75) is 76.9 Å². The van der Waals surface area contributed by atoms with Crippen LogP contribution in [0, 0.1) is 0 Å². The molecule has 0 spiro atoms. The SMILES string of the molecule is CCN(C(C)CC(C)(CO)NC)C1CCCCC1. The lowest BCUT2D eigenvalue weighted by atomic mass is 9.89. The fourth-order valence-corrected chi connectivity index (χ4v) is 3.36. The molecule has 0 aliphatic heterocycles. The number of hydrogen-bond acceptors (Lipinski definition) is 3. The highest BCUT2D eigenvalue weighted by Gasteiger charge is 2.29. The van der Waals surface area contributed by atoms with Crippen molar-refractivity contribution in [3.05, 3.63) is 0 Å². The molecule has 0 radical (unpaired) electrons. The Morgan fingerprint density at radius 1 is 1.33 bits per heavy atom. The lowest BCUT2D eigenvalue weighted by molar-refractivity contribution is 0.0787. The van der Waals surface area contributed by atoms with Crippen molar-refractivity contribution in [3.8, 4) is 0 Å². The largest absolute Gasteiger partial charge is 0.394 e. The van der Waals surface area contributed by atoms with E-state index >= 15 is 0 Å². The molecule has 1 aliphatic carbocycles. The fourth-order valence-electron chi connectivity index (χ4n) is 3.36. The summed E-state index contributed by atoms with van der Waals surface area (Å²) in [6, 6.07) is 1.29. The third-order valence-electron chi connectivity index (χ3n) is 4.67. The highest BCUT2D eigenvalue weighted by atomic mass is 16.3. The van der Waals surface area contributed by atoms with Crippen LogP contribution in [-0.2, 0) is 0 Å². The van der Waals surface area contributed by atoms with Crippen LogP contribution in [0.1, 0.15) is 59.3 Å². The van der Waals surface area contributed by atoms with E-state index in [0.29, 0.717) is 6.04 Å². The van der Waals surface area contributed by atoms with Crippen LogP contribution in [0.5, 0.6) is 0 Å². The van der Waals surface area contributed by atoms with Gasteiger partial charge in [0.1, 0.15) is 0 Å². The van der Waals surface area contributed by atoms with E-state index in [2.05, 4.69) is 31.0 Å². The minimum Gasteiger partial charge on any atom is -0.394 e. The van der Waals surface area contributed by atoms with Crippen LogP contribution in [0.3, 0.4) is 0 Å². The summed E-state index contributed by atoms with van der Waals surface area (Å²) >= 11 is 0. The van der Waals surface area contributed by atoms with Gasteiger partial charge in [-0.1, -0.05) is 26.2 Å². The van der Waals surface area contributed by atoms with Crippen LogP contribution in [0.15, 0.2) is 0 Å². The predicted octanol–water partition coefficient (Wildman–Crippen LogP) is 2.39. The maximum atomic E-state index is 9.52. The van der Waals surface area contributed by atoms with E-state index in [1.807, 2.05) is 7.05 Å². The van der Waals surface area contributed by atoms with Gasteiger partial charge in [-0.25, -0.2) is 0 Å². The van der Waals surface area contributed by atoms with Gasteiger partial charge in [-0.05, 0) is 46.7 Å². The molecular weight excluding hydrogens is 224 g/mol. The van der Waals surface area contributed by atoms with Crippen molar-refractivity contribution < 1.29 is 5.11 Å². The van der Waals surface area contributed by atoms with E-state index in [-0.39, 0.29) is 12.1 Å². The van der Waals surface area contributed by atoms with Gasteiger partial charge >= 0.3 is 0 Å². The van der Waals surface area contributed by atoms with E-state index in [4.69, 9.17) is 0 Å². The standard InChI is InChI=1S/C15H32N2O/c1-5-17(14-9-7-6-8-10-14)13(2)11-15(3,12-18)16-4/h13-14,16,18H,5-12H2,1-4H3. The zero-order valence-electron chi connectivity index (χ0n) is 12.7. The van der Waals surface area contributed by atoms with E-state index in [1.165, 1.54) is 32.1 Å². The number of aliphatic hydroxyl groups is 1. The molecule has 2 unspecified atom stereocenters. The summed E-state index contributed by atoms with van der Waals surface area (Å²) < 4.78 is 0. The molecule has 0 amide bonds. The molecule has 0 aromatic carbocycles. The average Bonchev–Trinajstić information content (AvgIpc) is 2.40. The Kier molecular flexibility index (Phi) is 6.61. The molecular formula is C15H32N2O. The normalized spacial score (nSPS) is 23.0. The van der Waals surface area contributed by atoms with Gasteiger partial charge in [0.2, 0.25) is 0 Å². The van der Waals surface area contributed by atoms with Gasteiger partial charge in [0.05, 0.1) is 6.61 Å². The number of nitrogens with zero attached hydrogens (tertiary/aromatic N) is 1. The first-order valence-electron chi connectivity index (χ1n) is 7.62. The summed E-state index contributed by atoms with van der Waals surface area (Å²) in [4.78, 5) is 2.64. The maximum Gasteiger partial charge on any atom is 0.0611 e. The van der Waals surface area contributed by atoms with Crippen molar-refractivity contribution in [2.24, 2.45) is 0 Å². The number of rotatable bonds is 7. The van der Waals surface area contributed by atoms with Crippen molar-refractivity contribution in [2.75, 3.05) is 20.2 Å². The number of likely N-dealkylation sites (N-methyl/N-ethyl adjacent to an activating group) is 1. The van der Waals surface area contributed by atoms with Gasteiger partial charge in [0, 0.05) is 17.6 Å². The van der Waals surface area contributed by atoms with E-state index in [9.17, 15) is 5.11 Å². The van der Waals surface area contributed by atoms with Crippen LogP contribution in [0.4, 0.5) is 0 Å². The lowest BCUT2D eigenvalue weighted by Gasteiger charge is -2.41. The highest BCUT2D eigenvalue weighted by Crippen LogP contribution is 2.26. The molecule has 3 nitrogen and oxygen atoms in total. The molecule has 1 rings (SSSR count). The molecule has 3 heteroatoms. The first-order valence-corrected chi connectivity index (χ1v) is 7.62. The van der Waals surface area contributed by atoms with E-state index in [1.54, 1.807) is 0 Å². The lowest BCUT2D eigenvalue weighted by Crippen LogP contribution is -2.51. The second-order valence-corrected chi connectivity index (χ2v) is 6.14. The number of nitrogens with one attached hydrogen (secondary N) is 1. The summed E-state index contributed by atoms with van der Waals surface area (Å²) in [6.07, 6.45) is 7.90. The Hall–Kier alpha value is -0.120. The van der Waals surface area contributed by atoms with Gasteiger partial charge in [0.15, 0.2) is 0 Å². The summed E-state index contributed by atoms with van der Waals surface area (Å²) in [6.45, 7) is 8.01. The molecule has 0 bridgehead atoms. The predicted molar refractivity (Wildman–Crippen MR) is 77.9 cm³/mol. The molecule has 0 aromatic rings. The molecule has 2 atom stereocenters. The maximum absolute atomic E-state index is 9.52. The minimum absolute atomic E-state index is 0.151. The van der Waals surface area contributed by atoms with Gasteiger partial charge in [-0.15, -0.1) is 0 Å². The van der Waals surface area contributed by atoms with Crippen LogP contribution >= 0.6 is 0 Å². The Bertz CT molecular complexity index is 223. The van der Waals surface area contributed by atoms with E-state index < -0.39 is 0 Å². The summed E-state index contributed by atoms with van der Waals surface area (Å²) in [7, 11) is 1.94. The summed E-state index contributed by atoms with van der Waals surface area (Å²) in [5.41, 5.74) is -0.151. The fraction of sp³-hybridized carbons (Fsp3) is 1.00. The molecule has 18 heavy (non-hydrogen) atoms. The molecule has 2 N–H and O–H groups in total. The first-order chi connectivity index (χ1) is 8.56. The zero-order chi connectivity index (χ0) is 13.6. The third-order valence-corrected chi connectivity index (χ3v) is 4.67. The number of aliphatic hydroxyl groups excluding tert-OH is 1. The number of hydrogen-bond donors (Lipinski definition) is 2. The van der Waals surface area contributed by atoms with Crippen LogP contribution in [-0.4, -0.2) is 47.8 Å². The Morgan fingerprint density at radius 3 is 2.39 bits per heavy atom. The Labute approximate surface area is 113 Å². The smallest absolute Gasteiger partial charge is 0.0611 e. The summed E-state index contributed by atoms with van der Waals surface area (Å²) in [5, 5.41) is 12.8. The minimum atomic E-state index is -0.151. The first kappa shape index (κ1) is 15.9. The Morgan fingerprint density at radius 2 is 1.94 bits per heavy atom. The molecule has 1 saturated carbocycles. The van der Waals surface area contributed by atoms with Crippen LogP contribution < -0.4 is 5.32 Å². The van der Waals surface area contributed by atoms with Gasteiger partial charge in [-0.2, -0.15) is 0 Å². The molecule has 1 aliphatic rings. The molecule has 0 saturated heterocycles. The van der Waals surface area contributed by atoms with Crippen molar-refractivity contribution in [1.29, 1.82) is 0 Å². The van der Waals surface area contributed by atoms with Gasteiger partial charge < -0.3 is 10.4 Å². The monoisotopic (exact) mass is 256 g/mol. The second kappa shape index (κ2) is 7.46. The average molecular weight is 256 g/mol. The summed E-state index contributed by atoms with van der Waals surface area (Å²) in [5.74, 6) is 0. The van der Waals surface area contributed by atoms with Gasteiger partial charge in [-0.3, -0.25) is 4.90 Å². The Balaban J connectivity index is 2.57. The van der Waals surface area contributed by atoms with Crippen LogP contribution in [0.25, 0.3) is 0 Å². The zero-order valence-corrected chi connectivity index (χ0v) is 12.7. The second-order valence-electron chi connectivity index (χ2n) is 6.14. The topological polar surface area (TPSA) is 35.5 Å². The van der Waals surface area contributed by atoms with Crippen molar-refractivity contribution in [3.63, 3.8) is 0 Å². The molecule has 0 heterocycles. The van der Waals surface area contributed by atoms with Crippen molar-refractivity contribution >= 4 is 0 Å². The van der Waals surface area contributed by atoms with Crippen molar-refractivity contribution in [1.82, 2.24) is 10.2 Å². The van der Waals surface area contributed by atoms with Gasteiger partial charge in [0.25, 0.3) is 0 Å². The molecule has 0 aromatic heterocycles. The van der Waals surface area contributed by atoms with E-state index in [0.717, 1.165) is 19.0 Å². The highest BCUT2D eigenvalue weighted by molar-refractivity contribution is 4.88. The third kappa shape index (κ3) is 4.22. The molecule has 1 fully saturated rings. The van der Waals surface area contributed by atoms with Crippen LogP contribution in [0.2, 0.25) is 0 Å². The quantitative estimate of drug-likeness (QED) is 0.734.